The van der Waals surface area contributed by atoms with Gasteiger partial charge in [0.25, 0.3) is 0 Å². The van der Waals surface area contributed by atoms with Gasteiger partial charge >= 0.3 is 0 Å². The molecular weight excluding hydrogens is 166 g/mol. The van der Waals surface area contributed by atoms with Gasteiger partial charge in [-0.25, -0.2) is 0 Å². The van der Waals surface area contributed by atoms with E-state index in [0.717, 1.165) is 31.9 Å². The Morgan fingerprint density at radius 3 is 2.77 bits per heavy atom. The molecule has 1 saturated carbocycles. The zero-order valence-corrected chi connectivity index (χ0v) is 8.04. The largest absolute Gasteiger partial charge is 0.395 e. The molecule has 0 aromatic carbocycles. The fourth-order valence-electron chi connectivity index (χ4n) is 1.87. The second-order valence-corrected chi connectivity index (χ2v) is 4.19. The van der Waals surface area contributed by atoms with Gasteiger partial charge in [0.15, 0.2) is 0 Å². The summed E-state index contributed by atoms with van der Waals surface area (Å²) in [6, 6.07) is 0.170. The quantitative estimate of drug-likeness (QED) is 0.656. The Labute approximate surface area is 79.5 Å². The van der Waals surface area contributed by atoms with Gasteiger partial charge in [0.2, 0.25) is 0 Å². The van der Waals surface area contributed by atoms with Gasteiger partial charge in [0.1, 0.15) is 0 Å². The Morgan fingerprint density at radius 1 is 1.38 bits per heavy atom. The van der Waals surface area contributed by atoms with Crippen LogP contribution in [-0.2, 0) is 4.74 Å². The van der Waals surface area contributed by atoms with Crippen LogP contribution in [0, 0.1) is 5.92 Å². The van der Waals surface area contributed by atoms with E-state index in [4.69, 9.17) is 4.74 Å². The molecular formula is C10H19NO2. The summed E-state index contributed by atoms with van der Waals surface area (Å²) in [4.78, 5) is 0. The molecule has 2 atom stereocenters. The highest BCUT2D eigenvalue weighted by Crippen LogP contribution is 2.28. The molecule has 13 heavy (non-hydrogen) atoms. The van der Waals surface area contributed by atoms with Crippen LogP contribution in [0.5, 0.6) is 0 Å². The highest BCUT2D eigenvalue weighted by molar-refractivity contribution is 4.83. The highest BCUT2D eigenvalue weighted by Gasteiger charge is 2.27. The summed E-state index contributed by atoms with van der Waals surface area (Å²) < 4.78 is 5.54. The summed E-state index contributed by atoms with van der Waals surface area (Å²) in [7, 11) is 0. The van der Waals surface area contributed by atoms with E-state index in [2.05, 4.69) is 5.32 Å². The molecule has 0 aromatic rings. The van der Waals surface area contributed by atoms with Gasteiger partial charge in [-0.05, 0) is 38.1 Å². The summed E-state index contributed by atoms with van der Waals surface area (Å²) in [5.74, 6) is 0.871. The minimum atomic E-state index is 0.170. The number of hydrogen-bond donors (Lipinski definition) is 2. The van der Waals surface area contributed by atoms with E-state index in [1.807, 2.05) is 0 Å². The smallest absolute Gasteiger partial charge is 0.0751 e. The monoisotopic (exact) mass is 185 g/mol. The molecule has 3 nitrogen and oxygen atoms in total. The zero-order valence-electron chi connectivity index (χ0n) is 8.04. The predicted molar refractivity (Wildman–Crippen MR) is 50.6 cm³/mol. The van der Waals surface area contributed by atoms with E-state index < -0.39 is 0 Å². The third kappa shape index (κ3) is 2.66. The lowest BCUT2D eigenvalue weighted by molar-refractivity contribution is 0.0553. The Morgan fingerprint density at radius 2 is 2.23 bits per heavy atom. The van der Waals surface area contributed by atoms with Crippen molar-refractivity contribution in [3.05, 3.63) is 0 Å². The predicted octanol–water partition coefficient (Wildman–Crippen LogP) is 0.526. The Hall–Kier alpha value is -0.120. The zero-order chi connectivity index (χ0) is 9.10. The lowest BCUT2D eigenvalue weighted by atomic mass is 10.1. The minimum absolute atomic E-state index is 0.170. The van der Waals surface area contributed by atoms with Crippen molar-refractivity contribution in [2.24, 2.45) is 5.92 Å². The van der Waals surface area contributed by atoms with Crippen molar-refractivity contribution in [2.75, 3.05) is 19.8 Å². The minimum Gasteiger partial charge on any atom is -0.395 e. The van der Waals surface area contributed by atoms with E-state index >= 15 is 0 Å². The van der Waals surface area contributed by atoms with Crippen LogP contribution in [-0.4, -0.2) is 37.0 Å². The molecule has 2 fully saturated rings. The van der Waals surface area contributed by atoms with E-state index in [0.29, 0.717) is 0 Å². The van der Waals surface area contributed by atoms with Crippen molar-refractivity contribution >= 4 is 0 Å². The summed E-state index contributed by atoms with van der Waals surface area (Å²) in [6.07, 6.45) is 5.21. The van der Waals surface area contributed by atoms with Crippen molar-refractivity contribution in [2.45, 2.75) is 37.8 Å². The molecule has 0 radical (unpaired) electrons. The third-order valence-electron chi connectivity index (χ3n) is 2.98. The van der Waals surface area contributed by atoms with Crippen LogP contribution in [0.4, 0.5) is 0 Å². The lowest BCUT2D eigenvalue weighted by Gasteiger charge is -2.21. The molecule has 0 aromatic heterocycles. The molecule has 2 rings (SSSR count). The Bertz CT molecular complexity index is 153. The van der Waals surface area contributed by atoms with E-state index in [9.17, 15) is 5.11 Å². The maximum atomic E-state index is 9.18. The maximum Gasteiger partial charge on any atom is 0.0751 e. The average molecular weight is 185 g/mol. The lowest BCUT2D eigenvalue weighted by Crippen LogP contribution is -2.43. The molecule has 0 spiro atoms. The van der Waals surface area contributed by atoms with Crippen molar-refractivity contribution in [1.82, 2.24) is 5.32 Å². The molecule has 1 aliphatic carbocycles. The van der Waals surface area contributed by atoms with Crippen LogP contribution in [0.15, 0.2) is 0 Å². The highest BCUT2D eigenvalue weighted by atomic mass is 16.5. The molecule has 1 saturated heterocycles. The fraction of sp³-hybridized carbons (Fsp3) is 1.00. The third-order valence-corrected chi connectivity index (χ3v) is 2.98. The van der Waals surface area contributed by atoms with Crippen molar-refractivity contribution in [3.63, 3.8) is 0 Å². The van der Waals surface area contributed by atoms with Gasteiger partial charge in [0, 0.05) is 6.61 Å². The fourth-order valence-corrected chi connectivity index (χ4v) is 1.87. The van der Waals surface area contributed by atoms with Crippen molar-refractivity contribution in [1.29, 1.82) is 0 Å². The summed E-state index contributed by atoms with van der Waals surface area (Å²) >= 11 is 0. The average Bonchev–Trinajstić information content (AvgIpc) is 2.81. The first kappa shape index (κ1) is 9.44. The second-order valence-electron chi connectivity index (χ2n) is 4.19. The molecule has 1 aliphatic heterocycles. The molecule has 0 amide bonds. The van der Waals surface area contributed by atoms with Crippen molar-refractivity contribution < 1.29 is 9.84 Å². The first-order valence-corrected chi connectivity index (χ1v) is 5.36. The van der Waals surface area contributed by atoms with Crippen LogP contribution in [0.3, 0.4) is 0 Å². The first-order chi connectivity index (χ1) is 6.40. The van der Waals surface area contributed by atoms with Gasteiger partial charge in [-0.1, -0.05) is 0 Å². The summed E-state index contributed by atoms with van der Waals surface area (Å²) in [5.41, 5.74) is 0. The number of hydrogen-bond acceptors (Lipinski definition) is 3. The molecule has 76 valence electrons. The van der Waals surface area contributed by atoms with Gasteiger partial charge in [0.05, 0.1) is 18.8 Å². The second kappa shape index (κ2) is 4.40. The molecule has 2 aliphatic rings. The summed E-state index contributed by atoms with van der Waals surface area (Å²) in [6.45, 7) is 2.13. The summed E-state index contributed by atoms with van der Waals surface area (Å²) in [5, 5.41) is 12.6. The van der Waals surface area contributed by atoms with Gasteiger partial charge < -0.3 is 15.2 Å². The van der Waals surface area contributed by atoms with Crippen LogP contribution < -0.4 is 5.32 Å². The van der Waals surface area contributed by atoms with Crippen LogP contribution in [0.25, 0.3) is 0 Å². The van der Waals surface area contributed by atoms with E-state index in [-0.39, 0.29) is 18.8 Å². The molecule has 3 heteroatoms. The SMILES string of the molecule is OCC(NCC1CC1)C1CCCO1. The number of ether oxygens (including phenoxy) is 1. The van der Waals surface area contributed by atoms with Gasteiger partial charge in [-0.3, -0.25) is 0 Å². The van der Waals surface area contributed by atoms with E-state index in [1.165, 1.54) is 12.8 Å². The van der Waals surface area contributed by atoms with Crippen LogP contribution in [0.1, 0.15) is 25.7 Å². The molecule has 2 N–H and O–H groups in total. The first-order valence-electron chi connectivity index (χ1n) is 5.36. The Balaban J connectivity index is 1.70. The normalized spacial score (nSPS) is 30.7. The maximum absolute atomic E-state index is 9.18. The number of rotatable bonds is 5. The number of aliphatic hydroxyl groups excluding tert-OH is 1. The number of aliphatic hydroxyl groups is 1. The Kier molecular flexibility index (Phi) is 3.19. The standard InChI is InChI=1S/C10H19NO2/c12-7-9(10-2-1-5-13-10)11-6-8-3-4-8/h8-12H,1-7H2. The molecule has 0 bridgehead atoms. The number of nitrogens with one attached hydrogen (secondary N) is 1. The molecule has 1 heterocycles. The van der Waals surface area contributed by atoms with Crippen molar-refractivity contribution in [3.8, 4) is 0 Å². The van der Waals surface area contributed by atoms with Gasteiger partial charge in [-0.15, -0.1) is 0 Å². The van der Waals surface area contributed by atoms with Crippen LogP contribution in [0.2, 0.25) is 0 Å². The molecule has 2 unspecified atom stereocenters. The van der Waals surface area contributed by atoms with Crippen LogP contribution >= 0.6 is 0 Å². The van der Waals surface area contributed by atoms with Gasteiger partial charge in [-0.2, -0.15) is 0 Å². The topological polar surface area (TPSA) is 41.5 Å². The van der Waals surface area contributed by atoms with E-state index in [1.54, 1.807) is 0 Å².